The van der Waals surface area contributed by atoms with Gasteiger partial charge in [0, 0.05) is 23.0 Å². The quantitative estimate of drug-likeness (QED) is 0.315. The van der Waals surface area contributed by atoms with Crippen molar-refractivity contribution in [3.63, 3.8) is 0 Å². The SMILES string of the molecule is CCCC/C=C(/C=C/C(OCC)OCC)[S@@](=O)c1ccc(C)cc1. The van der Waals surface area contributed by atoms with Crippen molar-refractivity contribution in [1.29, 1.82) is 0 Å². The maximum Gasteiger partial charge on any atom is 0.177 e. The normalized spacial score (nSPS) is 13.8. The van der Waals surface area contributed by atoms with Crippen molar-refractivity contribution in [3.05, 3.63) is 53.0 Å². The fraction of sp³-hybridized carbons (Fsp3) is 0.500. The lowest BCUT2D eigenvalue weighted by Gasteiger charge is -2.13. The van der Waals surface area contributed by atoms with E-state index in [9.17, 15) is 4.21 Å². The van der Waals surface area contributed by atoms with Crippen molar-refractivity contribution in [3.8, 4) is 0 Å². The molecule has 0 unspecified atom stereocenters. The Hall–Kier alpha value is -1.23. The van der Waals surface area contributed by atoms with E-state index in [1.54, 1.807) is 0 Å². The van der Waals surface area contributed by atoms with Gasteiger partial charge in [0.1, 0.15) is 0 Å². The van der Waals surface area contributed by atoms with Gasteiger partial charge in [0.15, 0.2) is 6.29 Å². The van der Waals surface area contributed by atoms with Crippen molar-refractivity contribution in [2.24, 2.45) is 0 Å². The molecule has 1 aromatic rings. The molecule has 1 atom stereocenters. The summed E-state index contributed by atoms with van der Waals surface area (Å²) < 4.78 is 23.9. The highest BCUT2D eigenvalue weighted by atomic mass is 32.2. The number of hydrogen-bond acceptors (Lipinski definition) is 3. The molecule has 0 saturated carbocycles. The number of hydrogen-bond donors (Lipinski definition) is 0. The van der Waals surface area contributed by atoms with Crippen LogP contribution < -0.4 is 0 Å². The van der Waals surface area contributed by atoms with Crippen LogP contribution in [0.5, 0.6) is 0 Å². The fourth-order valence-corrected chi connectivity index (χ4v) is 3.24. The number of aryl methyl sites for hydroxylation is 1. The summed E-state index contributed by atoms with van der Waals surface area (Å²) in [5, 5.41) is 0. The van der Waals surface area contributed by atoms with Crippen molar-refractivity contribution >= 4 is 10.8 Å². The summed E-state index contributed by atoms with van der Waals surface area (Å²) in [5.74, 6) is 0. The summed E-state index contributed by atoms with van der Waals surface area (Å²) in [6.07, 6.45) is 8.50. The molecule has 0 N–H and O–H groups in total. The molecule has 0 amide bonds. The van der Waals surface area contributed by atoms with Gasteiger partial charge in [0.2, 0.25) is 0 Å². The summed E-state index contributed by atoms with van der Waals surface area (Å²) in [7, 11) is -1.19. The van der Waals surface area contributed by atoms with Crippen LogP contribution in [0.1, 0.15) is 45.6 Å². The van der Waals surface area contributed by atoms with E-state index >= 15 is 0 Å². The topological polar surface area (TPSA) is 35.5 Å². The van der Waals surface area contributed by atoms with Crippen LogP contribution in [0.3, 0.4) is 0 Å². The predicted octanol–water partition coefficient (Wildman–Crippen LogP) is 5.13. The smallest absolute Gasteiger partial charge is 0.177 e. The number of rotatable bonds is 11. The first kappa shape index (κ1) is 20.8. The van der Waals surface area contributed by atoms with Crippen LogP contribution in [0.2, 0.25) is 0 Å². The second-order valence-corrected chi connectivity index (χ2v) is 6.95. The molecule has 0 aliphatic carbocycles. The van der Waals surface area contributed by atoms with E-state index in [0.717, 1.165) is 34.6 Å². The molecule has 4 heteroatoms. The van der Waals surface area contributed by atoms with Gasteiger partial charge in [-0.3, -0.25) is 0 Å². The van der Waals surface area contributed by atoms with Gasteiger partial charge < -0.3 is 9.47 Å². The van der Waals surface area contributed by atoms with E-state index in [2.05, 4.69) is 13.0 Å². The average Bonchev–Trinajstić information content (AvgIpc) is 2.58. The van der Waals surface area contributed by atoms with Crippen LogP contribution >= 0.6 is 0 Å². The molecule has 0 saturated heterocycles. The zero-order valence-electron chi connectivity index (χ0n) is 15.3. The van der Waals surface area contributed by atoms with Crippen LogP contribution in [-0.2, 0) is 20.3 Å². The Kier molecular flexibility index (Phi) is 10.6. The predicted molar refractivity (Wildman–Crippen MR) is 101 cm³/mol. The lowest BCUT2D eigenvalue weighted by atomic mass is 10.2. The summed E-state index contributed by atoms with van der Waals surface area (Å²) in [4.78, 5) is 1.62. The van der Waals surface area contributed by atoms with Crippen molar-refractivity contribution < 1.29 is 13.7 Å². The molecule has 1 rings (SSSR count). The molecule has 0 bridgehead atoms. The van der Waals surface area contributed by atoms with Crippen LogP contribution in [-0.4, -0.2) is 23.7 Å². The van der Waals surface area contributed by atoms with Crippen LogP contribution in [0.15, 0.2) is 52.3 Å². The molecule has 134 valence electrons. The molecule has 0 aliphatic heterocycles. The summed E-state index contributed by atoms with van der Waals surface area (Å²) in [6, 6.07) is 7.83. The van der Waals surface area contributed by atoms with E-state index in [1.165, 1.54) is 0 Å². The van der Waals surface area contributed by atoms with Crippen LogP contribution in [0.25, 0.3) is 0 Å². The number of ether oxygens (including phenoxy) is 2. The first-order chi connectivity index (χ1) is 11.6. The maximum atomic E-state index is 12.9. The number of unbranched alkanes of at least 4 members (excludes halogenated alkanes) is 2. The van der Waals surface area contributed by atoms with E-state index in [-0.39, 0.29) is 0 Å². The van der Waals surface area contributed by atoms with Gasteiger partial charge in [-0.1, -0.05) is 43.5 Å². The van der Waals surface area contributed by atoms with E-state index in [4.69, 9.17) is 9.47 Å². The minimum Gasteiger partial charge on any atom is -0.349 e. The van der Waals surface area contributed by atoms with Crippen LogP contribution in [0.4, 0.5) is 0 Å². The number of allylic oxidation sites excluding steroid dienone is 2. The largest absolute Gasteiger partial charge is 0.349 e. The molecule has 0 heterocycles. The van der Waals surface area contributed by atoms with E-state index in [0.29, 0.717) is 13.2 Å². The summed E-state index contributed by atoms with van der Waals surface area (Å²) in [6.45, 7) is 9.19. The summed E-state index contributed by atoms with van der Waals surface area (Å²) in [5.41, 5.74) is 1.16. The first-order valence-corrected chi connectivity index (χ1v) is 9.87. The van der Waals surface area contributed by atoms with Crippen molar-refractivity contribution in [2.45, 2.75) is 58.1 Å². The van der Waals surface area contributed by atoms with Crippen molar-refractivity contribution in [2.75, 3.05) is 13.2 Å². The Balaban J connectivity index is 2.95. The Morgan fingerprint density at radius 2 is 1.75 bits per heavy atom. The van der Waals surface area contributed by atoms with E-state index < -0.39 is 17.1 Å². The third-order valence-electron chi connectivity index (χ3n) is 3.43. The summed E-state index contributed by atoms with van der Waals surface area (Å²) >= 11 is 0. The molecule has 0 aromatic heterocycles. The minimum absolute atomic E-state index is 0.399. The average molecular weight is 351 g/mol. The van der Waals surface area contributed by atoms with Gasteiger partial charge in [-0.25, -0.2) is 4.21 Å². The second kappa shape index (κ2) is 12.2. The maximum absolute atomic E-state index is 12.9. The molecule has 0 spiro atoms. The van der Waals surface area contributed by atoms with Gasteiger partial charge >= 0.3 is 0 Å². The second-order valence-electron chi connectivity index (χ2n) is 5.47. The molecule has 0 radical (unpaired) electrons. The van der Waals surface area contributed by atoms with Gasteiger partial charge in [-0.05, 0) is 51.5 Å². The fourth-order valence-electron chi connectivity index (χ4n) is 2.11. The highest BCUT2D eigenvalue weighted by Crippen LogP contribution is 2.18. The lowest BCUT2D eigenvalue weighted by molar-refractivity contribution is -0.103. The highest BCUT2D eigenvalue weighted by Gasteiger charge is 2.09. The molecular formula is C20H30O3S. The Labute approximate surface area is 149 Å². The Bertz CT molecular complexity index is 541. The van der Waals surface area contributed by atoms with Gasteiger partial charge in [0.05, 0.1) is 10.8 Å². The molecular weight excluding hydrogens is 320 g/mol. The third-order valence-corrected chi connectivity index (χ3v) is 4.86. The Morgan fingerprint density at radius 1 is 1.12 bits per heavy atom. The highest BCUT2D eigenvalue weighted by molar-refractivity contribution is 7.89. The minimum atomic E-state index is -1.19. The molecule has 3 nitrogen and oxygen atoms in total. The van der Waals surface area contributed by atoms with Crippen LogP contribution in [0, 0.1) is 6.92 Å². The monoisotopic (exact) mass is 350 g/mol. The lowest BCUT2D eigenvalue weighted by Crippen LogP contribution is -2.14. The van der Waals surface area contributed by atoms with Gasteiger partial charge in [0.25, 0.3) is 0 Å². The van der Waals surface area contributed by atoms with E-state index in [1.807, 2.05) is 57.2 Å². The van der Waals surface area contributed by atoms with Crippen molar-refractivity contribution in [1.82, 2.24) is 0 Å². The zero-order chi connectivity index (χ0) is 17.8. The molecule has 1 aromatic carbocycles. The van der Waals surface area contributed by atoms with Gasteiger partial charge in [-0.2, -0.15) is 0 Å². The first-order valence-electron chi connectivity index (χ1n) is 8.72. The molecule has 24 heavy (non-hydrogen) atoms. The standard InChI is InChI=1S/C20H30O3S/c1-5-8-9-10-18(15-16-20(22-6-2)23-7-3)24(21)19-13-11-17(4)12-14-19/h10-16,20H,5-9H2,1-4H3/b16-15+,18-10-/t24-/m1/s1. The van der Waals surface area contributed by atoms with Gasteiger partial charge in [-0.15, -0.1) is 0 Å². The number of benzene rings is 1. The molecule has 0 aliphatic rings. The Morgan fingerprint density at radius 3 is 2.29 bits per heavy atom. The third kappa shape index (κ3) is 7.56. The zero-order valence-corrected chi connectivity index (χ0v) is 16.1. The molecule has 0 fully saturated rings.